The first kappa shape index (κ1) is 23.0. The second-order valence-electron chi connectivity index (χ2n) is 8.05. The Labute approximate surface area is 197 Å². The first-order valence-electron chi connectivity index (χ1n) is 10.9. The lowest BCUT2D eigenvalue weighted by atomic mass is 10.1. The smallest absolute Gasteiger partial charge is 0.311 e. The zero-order chi connectivity index (χ0) is 24.1. The fourth-order valence-corrected chi connectivity index (χ4v) is 3.72. The first-order chi connectivity index (χ1) is 16.4. The van der Waals surface area contributed by atoms with Crippen LogP contribution >= 0.6 is 0 Å². The number of ketones is 1. The number of benzene rings is 3. The van der Waals surface area contributed by atoms with Gasteiger partial charge in [0.15, 0.2) is 23.9 Å². The zero-order valence-corrected chi connectivity index (χ0v) is 19.0. The summed E-state index contributed by atoms with van der Waals surface area (Å²) in [6.07, 6.45) is 0.0387. The second-order valence-corrected chi connectivity index (χ2v) is 8.05. The lowest BCUT2D eigenvalue weighted by Gasteiger charge is -2.17. The maximum atomic E-state index is 12.5. The minimum atomic E-state index is -0.622. The molecule has 0 unspecified atom stereocenters. The molecule has 0 bridgehead atoms. The summed E-state index contributed by atoms with van der Waals surface area (Å²) in [6.45, 7) is 1.78. The highest BCUT2D eigenvalue weighted by Gasteiger charge is 2.36. The van der Waals surface area contributed by atoms with Gasteiger partial charge in [0.05, 0.1) is 13.0 Å². The van der Waals surface area contributed by atoms with E-state index in [0.29, 0.717) is 28.5 Å². The average Bonchev–Trinajstić information content (AvgIpc) is 3.25. The van der Waals surface area contributed by atoms with Crippen LogP contribution in [0.2, 0.25) is 0 Å². The summed E-state index contributed by atoms with van der Waals surface area (Å²) in [6, 6.07) is 21.4. The van der Waals surface area contributed by atoms with Crippen molar-refractivity contribution >= 4 is 23.3 Å². The molecular formula is C27H25NO6. The van der Waals surface area contributed by atoms with E-state index in [4.69, 9.17) is 14.2 Å². The number of methoxy groups -OCH3 is 1. The fourth-order valence-electron chi connectivity index (χ4n) is 3.72. The summed E-state index contributed by atoms with van der Waals surface area (Å²) < 4.78 is 16.4. The van der Waals surface area contributed by atoms with Crippen LogP contribution in [-0.2, 0) is 14.3 Å². The third-order valence-electron chi connectivity index (χ3n) is 5.62. The van der Waals surface area contributed by atoms with Crippen LogP contribution in [0.5, 0.6) is 17.2 Å². The molecule has 3 aromatic rings. The molecule has 0 aromatic heterocycles. The highest BCUT2D eigenvalue weighted by Crippen LogP contribution is 2.33. The van der Waals surface area contributed by atoms with Crippen molar-refractivity contribution < 1.29 is 28.6 Å². The van der Waals surface area contributed by atoms with Crippen molar-refractivity contribution in [2.75, 3.05) is 25.2 Å². The third kappa shape index (κ3) is 5.26. The van der Waals surface area contributed by atoms with Crippen molar-refractivity contribution in [3.63, 3.8) is 0 Å². The number of Topliss-reactive ketones (excluding diaryl/α,β-unsaturated/α-hetero) is 1. The van der Waals surface area contributed by atoms with Crippen LogP contribution in [0.1, 0.15) is 22.3 Å². The Balaban J connectivity index is 1.34. The fraction of sp³-hybridized carbons (Fsp3) is 0.222. The van der Waals surface area contributed by atoms with Gasteiger partial charge in [-0.05, 0) is 43.3 Å². The number of carbonyl (C=O) groups excluding carboxylic acids is 3. The van der Waals surface area contributed by atoms with Crippen molar-refractivity contribution in [1.29, 1.82) is 0 Å². The van der Waals surface area contributed by atoms with Crippen LogP contribution in [0.3, 0.4) is 0 Å². The number of aryl methyl sites for hydroxylation is 1. The molecule has 1 fully saturated rings. The standard InChI is InChI=1S/C27H25NO6/c1-18-7-9-19(10-8-18)23(29)17-33-27(31)20-15-26(30)28(16-20)21-11-13-22(14-12-21)34-25-6-4-3-5-24(25)32-2/h3-14,20H,15-17H2,1-2H3/t20-/m0/s1. The van der Waals surface area contributed by atoms with Crippen LogP contribution in [0, 0.1) is 12.8 Å². The van der Waals surface area contributed by atoms with E-state index in [1.165, 1.54) is 0 Å². The average molecular weight is 459 g/mol. The number of para-hydroxylation sites is 2. The summed E-state index contributed by atoms with van der Waals surface area (Å²) in [7, 11) is 1.57. The van der Waals surface area contributed by atoms with Gasteiger partial charge in [0, 0.05) is 24.2 Å². The van der Waals surface area contributed by atoms with Crippen molar-refractivity contribution in [2.45, 2.75) is 13.3 Å². The van der Waals surface area contributed by atoms with Gasteiger partial charge in [-0.25, -0.2) is 0 Å². The van der Waals surface area contributed by atoms with E-state index < -0.39 is 11.9 Å². The molecule has 1 atom stereocenters. The Hall–Kier alpha value is -4.13. The van der Waals surface area contributed by atoms with Gasteiger partial charge in [-0.2, -0.15) is 0 Å². The summed E-state index contributed by atoms with van der Waals surface area (Å²) in [4.78, 5) is 38.8. The second kappa shape index (κ2) is 10.2. The number of ether oxygens (including phenoxy) is 3. The molecule has 34 heavy (non-hydrogen) atoms. The predicted octanol–water partition coefficient (Wildman–Crippen LogP) is 4.57. The maximum Gasteiger partial charge on any atom is 0.311 e. The molecule has 3 aromatic carbocycles. The summed E-state index contributed by atoms with van der Waals surface area (Å²) in [5.41, 5.74) is 2.18. The molecule has 0 saturated carbocycles. The Bertz CT molecular complexity index is 1190. The molecule has 1 aliphatic heterocycles. The number of esters is 1. The van der Waals surface area contributed by atoms with Crippen LogP contribution < -0.4 is 14.4 Å². The third-order valence-corrected chi connectivity index (χ3v) is 5.62. The predicted molar refractivity (Wildman–Crippen MR) is 126 cm³/mol. The molecule has 0 radical (unpaired) electrons. The number of amides is 1. The van der Waals surface area contributed by atoms with Crippen molar-refractivity contribution in [2.24, 2.45) is 5.92 Å². The normalized spacial score (nSPS) is 15.2. The zero-order valence-electron chi connectivity index (χ0n) is 19.0. The SMILES string of the molecule is COc1ccccc1Oc1ccc(N2C[C@@H](C(=O)OCC(=O)c3ccc(C)cc3)CC2=O)cc1. The van der Waals surface area contributed by atoms with Gasteiger partial charge in [-0.1, -0.05) is 42.0 Å². The Kier molecular flexibility index (Phi) is 6.92. The van der Waals surface area contributed by atoms with E-state index in [1.807, 2.05) is 31.2 Å². The Morgan fingerprint density at radius 2 is 1.62 bits per heavy atom. The molecule has 174 valence electrons. The molecular weight excluding hydrogens is 434 g/mol. The van der Waals surface area contributed by atoms with Crippen LogP contribution in [0.25, 0.3) is 0 Å². The van der Waals surface area contributed by atoms with Crippen LogP contribution in [-0.4, -0.2) is 37.9 Å². The van der Waals surface area contributed by atoms with E-state index in [1.54, 1.807) is 60.5 Å². The number of anilines is 1. The van der Waals surface area contributed by atoms with Crippen LogP contribution in [0.15, 0.2) is 72.8 Å². The molecule has 1 aliphatic rings. The highest BCUT2D eigenvalue weighted by atomic mass is 16.5. The van der Waals surface area contributed by atoms with Crippen LogP contribution in [0.4, 0.5) is 5.69 Å². The summed E-state index contributed by atoms with van der Waals surface area (Å²) >= 11 is 0. The van der Waals surface area contributed by atoms with Gasteiger partial charge in [-0.15, -0.1) is 0 Å². The lowest BCUT2D eigenvalue weighted by molar-refractivity contribution is -0.147. The van der Waals surface area contributed by atoms with Gasteiger partial charge >= 0.3 is 5.97 Å². The lowest BCUT2D eigenvalue weighted by Crippen LogP contribution is -2.27. The number of hydrogen-bond donors (Lipinski definition) is 0. The largest absolute Gasteiger partial charge is 0.493 e. The first-order valence-corrected chi connectivity index (χ1v) is 10.9. The Morgan fingerprint density at radius 3 is 2.29 bits per heavy atom. The maximum absolute atomic E-state index is 12.5. The van der Waals surface area contributed by atoms with Gasteiger partial charge in [0.2, 0.25) is 5.91 Å². The number of nitrogens with zero attached hydrogens (tertiary/aromatic N) is 1. The van der Waals surface area contributed by atoms with Gasteiger partial charge in [0.25, 0.3) is 0 Å². The molecule has 7 nitrogen and oxygen atoms in total. The van der Waals surface area contributed by atoms with Crippen molar-refractivity contribution in [3.05, 3.63) is 83.9 Å². The minimum absolute atomic E-state index is 0.0387. The van der Waals surface area contributed by atoms with Gasteiger partial charge < -0.3 is 19.1 Å². The van der Waals surface area contributed by atoms with E-state index in [0.717, 1.165) is 5.56 Å². The van der Waals surface area contributed by atoms with E-state index in [2.05, 4.69) is 0 Å². The monoisotopic (exact) mass is 459 g/mol. The van der Waals surface area contributed by atoms with E-state index in [-0.39, 0.29) is 31.3 Å². The minimum Gasteiger partial charge on any atom is -0.493 e. The topological polar surface area (TPSA) is 82.1 Å². The van der Waals surface area contributed by atoms with Crippen molar-refractivity contribution in [3.8, 4) is 17.2 Å². The molecule has 1 heterocycles. The molecule has 1 amide bonds. The number of carbonyl (C=O) groups is 3. The Morgan fingerprint density at radius 1 is 0.941 bits per heavy atom. The quantitative estimate of drug-likeness (QED) is 0.362. The van der Waals surface area contributed by atoms with E-state index >= 15 is 0 Å². The molecule has 1 saturated heterocycles. The number of rotatable bonds is 8. The van der Waals surface area contributed by atoms with E-state index in [9.17, 15) is 14.4 Å². The molecule has 4 rings (SSSR count). The highest BCUT2D eigenvalue weighted by molar-refractivity contribution is 6.01. The molecule has 7 heteroatoms. The summed E-state index contributed by atoms with van der Waals surface area (Å²) in [5, 5.41) is 0. The molecule has 0 N–H and O–H groups in total. The molecule has 0 spiro atoms. The van der Waals surface area contributed by atoms with Crippen molar-refractivity contribution in [1.82, 2.24) is 0 Å². The van der Waals surface area contributed by atoms with Gasteiger partial charge in [-0.3, -0.25) is 14.4 Å². The number of hydrogen-bond acceptors (Lipinski definition) is 6. The summed E-state index contributed by atoms with van der Waals surface area (Å²) in [5.74, 6) is 0.160. The van der Waals surface area contributed by atoms with Gasteiger partial charge in [0.1, 0.15) is 5.75 Å². The molecule has 0 aliphatic carbocycles.